The Labute approximate surface area is 468 Å². The first-order chi connectivity index (χ1) is 37.0. The average Bonchev–Trinajstić information content (AvgIpc) is 3.89. The molecule has 3 heterocycles. The van der Waals surface area contributed by atoms with Crippen LogP contribution in [0.4, 0.5) is 0 Å². The van der Waals surface area contributed by atoms with Gasteiger partial charge < -0.3 is 35.0 Å². The topological polar surface area (TPSA) is 191 Å². The lowest BCUT2D eigenvalue weighted by Gasteiger charge is -2.41. The Morgan fingerprint density at radius 1 is 0.885 bits per heavy atom. The summed E-state index contributed by atoms with van der Waals surface area (Å²) in [6.07, 6.45) is 7.27. The summed E-state index contributed by atoms with van der Waals surface area (Å²) in [6.45, 7) is 23.9. The molecule has 1 aromatic carbocycles. The molecular weight excluding hydrogens is 991 g/mol. The van der Waals surface area contributed by atoms with E-state index in [9.17, 15) is 33.9 Å². The number of hydroxylamine groups is 2. The van der Waals surface area contributed by atoms with Crippen molar-refractivity contribution in [3.63, 3.8) is 0 Å². The Kier molecular flexibility index (Phi) is 24.6. The molecule has 6 amide bonds. The standard InChI is InChI=1S/C61H103N7O10/c1-16-20-29-43-30-24-35-68(78-43)59(74)50-49(42-27-22-21-23-28-42)52(50)63-56(71)41(10)55(77-15)45-31-25-33-66(45)48(70)37-46(76-14)54(40(9)17-2)65(13)60(75)51(38(5)6)62-57(72)53(39(7)8)64(12)32-26-34-67-47(69)36-44(58(67)73)61(11,18-3)19-4/h21-23,27-28,38-41,43-46,49-55,59,74H,16-20,24-26,29-37H2,1-15H3,(H,62,72)(H,63,71)/t40-,41+,43?,44?,45-,46+,49+,50-,51-,52?,53-,54-,55+,59?/m0/s1. The lowest BCUT2D eigenvalue weighted by molar-refractivity contribution is -0.290. The second kappa shape index (κ2) is 29.6. The van der Waals surface area contributed by atoms with Crippen LogP contribution in [0.3, 0.4) is 0 Å². The Bertz CT molecular complexity index is 2110. The van der Waals surface area contributed by atoms with Crippen molar-refractivity contribution in [2.45, 2.75) is 220 Å². The van der Waals surface area contributed by atoms with Gasteiger partial charge in [0, 0.05) is 71.7 Å². The molecular formula is C61H103N7O10. The molecule has 0 bridgehead atoms. The van der Waals surface area contributed by atoms with Gasteiger partial charge in [-0.05, 0) is 87.1 Å². The molecule has 4 fully saturated rings. The highest BCUT2D eigenvalue weighted by atomic mass is 16.7. The first-order valence-electron chi connectivity index (χ1n) is 30.0. The fourth-order valence-corrected chi connectivity index (χ4v) is 13.2. The predicted molar refractivity (Wildman–Crippen MR) is 303 cm³/mol. The van der Waals surface area contributed by atoms with E-state index in [-0.39, 0.29) is 114 Å². The van der Waals surface area contributed by atoms with Gasteiger partial charge in [0.1, 0.15) is 12.3 Å². The van der Waals surface area contributed by atoms with Crippen LogP contribution in [-0.4, -0.2) is 174 Å². The number of aliphatic hydroxyl groups is 1. The number of carbonyl (C=O) groups is 6. The molecule has 1 aromatic rings. The number of ether oxygens (including phenoxy) is 2. The maximum atomic E-state index is 14.8. The number of carbonyl (C=O) groups excluding carboxylic acids is 6. The van der Waals surface area contributed by atoms with Gasteiger partial charge in [-0.25, -0.2) is 0 Å². The lowest BCUT2D eigenvalue weighted by Crippen LogP contribution is -2.60. The third kappa shape index (κ3) is 15.3. The van der Waals surface area contributed by atoms with Gasteiger partial charge >= 0.3 is 0 Å². The molecule has 78 heavy (non-hydrogen) atoms. The first-order valence-corrected chi connectivity index (χ1v) is 30.0. The van der Waals surface area contributed by atoms with Crippen LogP contribution in [0, 0.1) is 40.9 Å². The number of amides is 6. The van der Waals surface area contributed by atoms with Crippen molar-refractivity contribution in [2.75, 3.05) is 54.5 Å². The van der Waals surface area contributed by atoms with Gasteiger partial charge in [0.25, 0.3) is 0 Å². The molecule has 14 atom stereocenters. The van der Waals surface area contributed by atoms with Gasteiger partial charge in [-0.3, -0.25) is 43.4 Å². The van der Waals surface area contributed by atoms with Crippen LogP contribution in [0.2, 0.25) is 0 Å². The smallest absolute Gasteiger partial charge is 0.245 e. The number of aliphatic hydroxyl groups excluding tert-OH is 1. The summed E-state index contributed by atoms with van der Waals surface area (Å²) in [5.41, 5.74) is 0.810. The van der Waals surface area contributed by atoms with E-state index in [1.54, 1.807) is 31.2 Å². The van der Waals surface area contributed by atoms with E-state index < -0.39 is 42.5 Å². The summed E-state index contributed by atoms with van der Waals surface area (Å²) in [5.74, 6) is -3.00. The molecule has 17 heteroatoms. The number of rotatable bonds is 31. The summed E-state index contributed by atoms with van der Waals surface area (Å²) < 4.78 is 12.3. The number of imide groups is 1. The van der Waals surface area contributed by atoms with Crippen molar-refractivity contribution in [3.8, 4) is 0 Å². The Balaban J connectivity index is 1.24. The van der Waals surface area contributed by atoms with E-state index in [1.807, 2.05) is 95.6 Å². The highest BCUT2D eigenvalue weighted by molar-refractivity contribution is 6.04. The summed E-state index contributed by atoms with van der Waals surface area (Å²) in [7, 11) is 6.75. The summed E-state index contributed by atoms with van der Waals surface area (Å²) in [5, 5.41) is 20.0. The molecule has 0 spiro atoms. The number of unbranched alkanes of at least 4 members (excludes halogenated alkanes) is 1. The van der Waals surface area contributed by atoms with Crippen molar-refractivity contribution in [1.29, 1.82) is 0 Å². The molecule has 3 saturated heterocycles. The number of hydrogen-bond acceptors (Lipinski definition) is 12. The Morgan fingerprint density at radius 3 is 2.14 bits per heavy atom. The maximum Gasteiger partial charge on any atom is 0.245 e. The van der Waals surface area contributed by atoms with Crippen LogP contribution >= 0.6 is 0 Å². The SMILES string of the molecule is CCCCC1CCCN(C(O)[C@@H]2C(NC(=O)[C@H](C)[C@@H](OC)[C@@H]3CCCN3C(=O)C[C@@H](OC)[C@H]([C@@H](C)CC)N(C)C(=O)[C@@H](NC(=O)[C@H](C(C)C)N(C)CCCN3C(=O)CC(C(C)(CC)CC)C3=O)C(C)C)[C@@H]2c2ccccc2)O1. The largest absolute Gasteiger partial charge is 0.379 e. The van der Waals surface area contributed by atoms with Gasteiger partial charge in [0.05, 0.1) is 54.7 Å². The zero-order chi connectivity index (χ0) is 57.8. The van der Waals surface area contributed by atoms with Crippen LogP contribution < -0.4 is 10.6 Å². The molecule has 3 N–H and O–H groups in total. The van der Waals surface area contributed by atoms with Gasteiger partial charge in [-0.1, -0.05) is 126 Å². The molecule has 17 nitrogen and oxygen atoms in total. The molecule has 1 saturated carbocycles. The molecule has 5 rings (SSSR count). The molecule has 4 unspecified atom stereocenters. The van der Waals surface area contributed by atoms with Crippen molar-refractivity contribution >= 4 is 35.4 Å². The van der Waals surface area contributed by atoms with E-state index >= 15 is 0 Å². The number of benzene rings is 1. The van der Waals surface area contributed by atoms with Crippen LogP contribution in [0.25, 0.3) is 0 Å². The van der Waals surface area contributed by atoms with E-state index in [2.05, 4.69) is 38.3 Å². The van der Waals surface area contributed by atoms with Crippen molar-refractivity contribution < 1.29 is 48.2 Å². The first kappa shape index (κ1) is 64.8. The quantitative estimate of drug-likeness (QED) is 0.0626. The Morgan fingerprint density at radius 2 is 1.55 bits per heavy atom. The van der Waals surface area contributed by atoms with E-state index in [4.69, 9.17) is 14.3 Å². The number of nitrogens with one attached hydrogen (secondary N) is 2. The highest BCUT2D eigenvalue weighted by Gasteiger charge is 2.58. The summed E-state index contributed by atoms with van der Waals surface area (Å²) in [4.78, 5) is 97.9. The number of methoxy groups -OCH3 is 2. The highest BCUT2D eigenvalue weighted by Crippen LogP contribution is 2.51. The number of nitrogens with zero attached hydrogens (tertiary/aromatic N) is 5. The minimum Gasteiger partial charge on any atom is -0.379 e. The number of hydrogen-bond donors (Lipinski definition) is 3. The summed E-state index contributed by atoms with van der Waals surface area (Å²) in [6, 6.07) is 7.28. The van der Waals surface area contributed by atoms with Gasteiger partial charge in [0.15, 0.2) is 0 Å². The van der Waals surface area contributed by atoms with Crippen LogP contribution in [0.15, 0.2) is 30.3 Å². The Hall–Kier alpha value is -4.00. The van der Waals surface area contributed by atoms with E-state index in [1.165, 1.54) is 4.90 Å². The zero-order valence-corrected chi connectivity index (χ0v) is 50.5. The van der Waals surface area contributed by atoms with Crippen molar-refractivity contribution in [2.24, 2.45) is 40.9 Å². The predicted octanol–water partition coefficient (Wildman–Crippen LogP) is 7.40. The van der Waals surface area contributed by atoms with Crippen LogP contribution in [-0.2, 0) is 43.1 Å². The minimum atomic E-state index is -0.897. The maximum absolute atomic E-state index is 14.8. The molecule has 0 radical (unpaired) electrons. The molecule has 442 valence electrons. The number of likely N-dealkylation sites (tertiary alicyclic amines) is 2. The molecule has 3 aliphatic heterocycles. The van der Waals surface area contributed by atoms with Crippen molar-refractivity contribution in [1.82, 2.24) is 35.3 Å². The second-order valence-electron chi connectivity index (χ2n) is 24.5. The lowest BCUT2D eigenvalue weighted by atomic mass is 9.72. The zero-order valence-electron chi connectivity index (χ0n) is 50.5. The van der Waals surface area contributed by atoms with Gasteiger partial charge in [-0.2, -0.15) is 5.06 Å². The monoisotopic (exact) mass is 1090 g/mol. The minimum absolute atomic E-state index is 0.0143. The summed E-state index contributed by atoms with van der Waals surface area (Å²) >= 11 is 0. The van der Waals surface area contributed by atoms with Crippen LogP contribution in [0.1, 0.15) is 171 Å². The van der Waals surface area contributed by atoms with E-state index in [0.29, 0.717) is 38.9 Å². The fraction of sp³-hybridized carbons (Fsp3) is 0.803. The molecule has 1 aliphatic carbocycles. The van der Waals surface area contributed by atoms with Gasteiger partial charge in [0.2, 0.25) is 35.4 Å². The third-order valence-electron chi connectivity index (χ3n) is 18.7. The average molecular weight is 1090 g/mol. The van der Waals surface area contributed by atoms with Crippen LogP contribution in [0.5, 0.6) is 0 Å². The molecule has 0 aromatic heterocycles. The third-order valence-corrected chi connectivity index (χ3v) is 18.7. The normalized spacial score (nSPS) is 25.2. The van der Waals surface area contributed by atoms with Crippen molar-refractivity contribution in [3.05, 3.63) is 35.9 Å². The molecule has 4 aliphatic rings. The number of likely N-dealkylation sites (N-methyl/N-ethyl adjacent to an activating group) is 2. The second-order valence-corrected chi connectivity index (χ2v) is 24.5. The fourth-order valence-electron chi connectivity index (χ4n) is 13.2. The van der Waals surface area contributed by atoms with E-state index in [0.717, 1.165) is 56.9 Å². The van der Waals surface area contributed by atoms with Gasteiger partial charge in [-0.15, -0.1) is 0 Å².